The lowest BCUT2D eigenvalue weighted by molar-refractivity contribution is 0.0481. The SMILES string of the molecule is CC(O)c1ccc(N2CCCC(C)(O)CC2)c(Br)c1. The summed E-state index contributed by atoms with van der Waals surface area (Å²) in [5.74, 6) is 0. The van der Waals surface area contributed by atoms with Crippen LogP contribution in [0.25, 0.3) is 0 Å². The van der Waals surface area contributed by atoms with Gasteiger partial charge in [-0.2, -0.15) is 0 Å². The van der Waals surface area contributed by atoms with Crippen molar-refractivity contribution in [2.24, 2.45) is 0 Å². The number of hydrogen-bond acceptors (Lipinski definition) is 3. The molecule has 0 aromatic heterocycles. The molecule has 1 heterocycles. The largest absolute Gasteiger partial charge is 0.390 e. The van der Waals surface area contributed by atoms with E-state index < -0.39 is 11.7 Å². The molecule has 1 saturated heterocycles. The molecular weight excluding hydrogens is 306 g/mol. The van der Waals surface area contributed by atoms with Crippen LogP contribution in [0.1, 0.15) is 44.8 Å². The molecule has 0 bridgehead atoms. The van der Waals surface area contributed by atoms with E-state index >= 15 is 0 Å². The molecule has 106 valence electrons. The van der Waals surface area contributed by atoms with E-state index in [-0.39, 0.29) is 0 Å². The van der Waals surface area contributed by atoms with Crippen LogP contribution < -0.4 is 4.90 Å². The number of nitrogens with zero attached hydrogens (tertiary/aromatic N) is 1. The first-order valence-corrected chi connectivity index (χ1v) is 7.63. The minimum atomic E-state index is -0.541. The van der Waals surface area contributed by atoms with Crippen LogP contribution >= 0.6 is 15.9 Å². The lowest BCUT2D eigenvalue weighted by Gasteiger charge is -2.25. The average Bonchev–Trinajstić information content (AvgIpc) is 2.50. The molecule has 1 aliphatic heterocycles. The Hall–Kier alpha value is -0.580. The van der Waals surface area contributed by atoms with Crippen LogP contribution in [-0.2, 0) is 0 Å². The average molecular weight is 328 g/mol. The third-order valence-corrected chi connectivity index (χ3v) is 4.49. The van der Waals surface area contributed by atoms with Gasteiger partial charge in [-0.25, -0.2) is 0 Å². The van der Waals surface area contributed by atoms with Crippen molar-refractivity contribution in [2.75, 3.05) is 18.0 Å². The Labute approximate surface area is 123 Å². The second kappa shape index (κ2) is 5.81. The molecule has 4 heteroatoms. The molecule has 2 atom stereocenters. The molecule has 2 N–H and O–H groups in total. The molecule has 1 aromatic carbocycles. The fraction of sp³-hybridized carbons (Fsp3) is 0.600. The number of benzene rings is 1. The highest BCUT2D eigenvalue weighted by atomic mass is 79.9. The van der Waals surface area contributed by atoms with Crippen LogP contribution in [0.2, 0.25) is 0 Å². The third-order valence-electron chi connectivity index (χ3n) is 3.86. The summed E-state index contributed by atoms with van der Waals surface area (Å²) in [4.78, 5) is 2.30. The first-order valence-electron chi connectivity index (χ1n) is 6.84. The van der Waals surface area contributed by atoms with Crippen LogP contribution in [-0.4, -0.2) is 28.9 Å². The minimum absolute atomic E-state index is 0.449. The molecule has 1 aromatic rings. The predicted octanol–water partition coefficient (Wildman–Crippen LogP) is 3.24. The van der Waals surface area contributed by atoms with Gasteiger partial charge in [0.25, 0.3) is 0 Å². The molecule has 0 amide bonds. The van der Waals surface area contributed by atoms with Crippen LogP contribution in [0.4, 0.5) is 5.69 Å². The van der Waals surface area contributed by atoms with Gasteiger partial charge in [-0.15, -0.1) is 0 Å². The zero-order chi connectivity index (χ0) is 14.0. The quantitative estimate of drug-likeness (QED) is 0.876. The van der Waals surface area contributed by atoms with Crippen molar-refractivity contribution < 1.29 is 10.2 Å². The number of aliphatic hydroxyl groups excluding tert-OH is 1. The monoisotopic (exact) mass is 327 g/mol. The van der Waals surface area contributed by atoms with Gasteiger partial charge in [0.05, 0.1) is 17.4 Å². The maximum atomic E-state index is 10.1. The van der Waals surface area contributed by atoms with Crippen molar-refractivity contribution in [3.8, 4) is 0 Å². The summed E-state index contributed by atoms with van der Waals surface area (Å²) >= 11 is 3.59. The molecule has 0 radical (unpaired) electrons. The van der Waals surface area contributed by atoms with Gasteiger partial charge in [-0.05, 0) is 66.7 Å². The summed E-state index contributed by atoms with van der Waals surface area (Å²) in [6, 6.07) is 5.99. The van der Waals surface area contributed by atoms with Crippen molar-refractivity contribution in [1.29, 1.82) is 0 Å². The topological polar surface area (TPSA) is 43.7 Å². The predicted molar refractivity (Wildman–Crippen MR) is 81.5 cm³/mol. The molecule has 19 heavy (non-hydrogen) atoms. The maximum absolute atomic E-state index is 10.1. The van der Waals surface area contributed by atoms with Crippen molar-refractivity contribution in [3.05, 3.63) is 28.2 Å². The van der Waals surface area contributed by atoms with Gasteiger partial charge in [0.2, 0.25) is 0 Å². The Morgan fingerprint density at radius 3 is 2.68 bits per heavy atom. The zero-order valence-electron chi connectivity index (χ0n) is 11.6. The van der Waals surface area contributed by atoms with E-state index in [1.54, 1.807) is 6.92 Å². The van der Waals surface area contributed by atoms with Crippen molar-refractivity contribution >= 4 is 21.6 Å². The Morgan fingerprint density at radius 2 is 2.05 bits per heavy atom. The standard InChI is InChI=1S/C15H22BrNO2/c1-11(18)12-4-5-14(13(16)10-12)17-8-3-6-15(2,19)7-9-17/h4-5,10-11,18-19H,3,6-9H2,1-2H3. The highest BCUT2D eigenvalue weighted by Crippen LogP contribution is 2.32. The molecule has 1 fully saturated rings. The van der Waals surface area contributed by atoms with Gasteiger partial charge in [-0.3, -0.25) is 0 Å². The number of rotatable bonds is 2. The number of halogens is 1. The molecule has 2 rings (SSSR count). The molecular formula is C15H22BrNO2. The molecule has 2 unspecified atom stereocenters. The molecule has 0 aliphatic carbocycles. The summed E-state index contributed by atoms with van der Waals surface area (Å²) in [5, 5.41) is 19.7. The third kappa shape index (κ3) is 3.71. The van der Waals surface area contributed by atoms with E-state index in [2.05, 4.69) is 20.8 Å². The second-order valence-corrected chi connectivity index (χ2v) is 6.58. The summed E-state index contributed by atoms with van der Waals surface area (Å²) in [6.45, 7) is 5.51. The van der Waals surface area contributed by atoms with Crippen molar-refractivity contribution in [3.63, 3.8) is 0 Å². The second-order valence-electron chi connectivity index (χ2n) is 5.72. The Bertz CT molecular complexity index is 446. The van der Waals surface area contributed by atoms with E-state index in [1.807, 2.05) is 25.1 Å². The van der Waals surface area contributed by atoms with Gasteiger partial charge >= 0.3 is 0 Å². The molecule has 0 spiro atoms. The van der Waals surface area contributed by atoms with E-state index in [4.69, 9.17) is 0 Å². The van der Waals surface area contributed by atoms with E-state index in [0.717, 1.165) is 48.1 Å². The maximum Gasteiger partial charge on any atom is 0.0762 e. The summed E-state index contributed by atoms with van der Waals surface area (Å²) in [6.07, 6.45) is 2.19. The molecule has 1 aliphatic rings. The number of hydrogen-bond donors (Lipinski definition) is 2. The fourth-order valence-electron chi connectivity index (χ4n) is 2.54. The summed E-state index contributed by atoms with van der Waals surface area (Å²) in [5.41, 5.74) is 1.51. The van der Waals surface area contributed by atoms with Crippen LogP contribution in [0, 0.1) is 0 Å². The molecule has 3 nitrogen and oxygen atoms in total. The number of anilines is 1. The first kappa shape index (κ1) is 14.8. The van der Waals surface area contributed by atoms with E-state index in [9.17, 15) is 10.2 Å². The van der Waals surface area contributed by atoms with Crippen molar-refractivity contribution in [2.45, 2.75) is 44.8 Å². The van der Waals surface area contributed by atoms with Gasteiger partial charge in [-0.1, -0.05) is 6.07 Å². The number of aliphatic hydroxyl groups is 2. The van der Waals surface area contributed by atoms with E-state index in [0.29, 0.717) is 0 Å². The van der Waals surface area contributed by atoms with Gasteiger partial charge < -0.3 is 15.1 Å². The van der Waals surface area contributed by atoms with Gasteiger partial charge in [0.15, 0.2) is 0 Å². The smallest absolute Gasteiger partial charge is 0.0762 e. The zero-order valence-corrected chi connectivity index (χ0v) is 13.2. The summed E-state index contributed by atoms with van der Waals surface area (Å²) < 4.78 is 1.01. The van der Waals surface area contributed by atoms with Gasteiger partial charge in [0, 0.05) is 17.6 Å². The molecule has 0 saturated carbocycles. The van der Waals surface area contributed by atoms with Crippen LogP contribution in [0.5, 0.6) is 0 Å². The minimum Gasteiger partial charge on any atom is -0.390 e. The lowest BCUT2D eigenvalue weighted by Crippen LogP contribution is -2.28. The Balaban J connectivity index is 2.18. The lowest BCUT2D eigenvalue weighted by atomic mass is 9.98. The van der Waals surface area contributed by atoms with Gasteiger partial charge in [0.1, 0.15) is 0 Å². The Morgan fingerprint density at radius 1 is 1.32 bits per heavy atom. The van der Waals surface area contributed by atoms with E-state index in [1.165, 1.54) is 0 Å². The fourth-order valence-corrected chi connectivity index (χ4v) is 3.19. The highest BCUT2D eigenvalue weighted by Gasteiger charge is 2.25. The highest BCUT2D eigenvalue weighted by molar-refractivity contribution is 9.10. The van der Waals surface area contributed by atoms with Crippen LogP contribution in [0.3, 0.4) is 0 Å². The normalized spacial score (nSPS) is 26.1. The summed E-state index contributed by atoms with van der Waals surface area (Å²) in [7, 11) is 0. The first-order chi connectivity index (χ1) is 8.89. The van der Waals surface area contributed by atoms with Crippen molar-refractivity contribution in [1.82, 2.24) is 0 Å². The Kier molecular flexibility index (Phi) is 4.54. The van der Waals surface area contributed by atoms with Crippen LogP contribution in [0.15, 0.2) is 22.7 Å².